The molecule has 0 spiro atoms. The van der Waals surface area contributed by atoms with Gasteiger partial charge in [-0.15, -0.1) is 0 Å². The van der Waals surface area contributed by atoms with E-state index in [-0.39, 0.29) is 23.7 Å². The van der Waals surface area contributed by atoms with Crippen LogP contribution in [0.2, 0.25) is 0 Å². The van der Waals surface area contributed by atoms with E-state index in [1.54, 1.807) is 6.20 Å². The molecule has 34 heavy (non-hydrogen) atoms. The van der Waals surface area contributed by atoms with Gasteiger partial charge in [-0.1, -0.05) is 6.07 Å². The highest BCUT2D eigenvalue weighted by molar-refractivity contribution is 6.37. The van der Waals surface area contributed by atoms with Gasteiger partial charge in [0, 0.05) is 11.9 Å². The van der Waals surface area contributed by atoms with Crippen molar-refractivity contribution in [1.29, 1.82) is 0 Å². The van der Waals surface area contributed by atoms with Gasteiger partial charge in [0.05, 0.1) is 17.4 Å². The maximum Gasteiger partial charge on any atom is 0.376 e. The molecule has 2 aromatic rings. The molecule has 6 N–H and O–H groups in total. The van der Waals surface area contributed by atoms with E-state index < -0.39 is 35.0 Å². The zero-order valence-corrected chi connectivity index (χ0v) is 17.4. The Labute approximate surface area is 191 Å². The minimum atomic E-state index is -1.70. The Hall–Kier alpha value is -5.29. The number of rotatable bonds is 5. The molecule has 0 saturated carbocycles. The van der Waals surface area contributed by atoms with Gasteiger partial charge in [0.15, 0.2) is 11.5 Å². The summed E-state index contributed by atoms with van der Waals surface area (Å²) in [5, 5.41) is 50.7. The van der Waals surface area contributed by atoms with Crippen LogP contribution in [0.5, 0.6) is 11.5 Å². The first-order chi connectivity index (χ1) is 15.9. The van der Waals surface area contributed by atoms with E-state index in [0.29, 0.717) is 12.2 Å². The predicted octanol–water partition coefficient (Wildman–Crippen LogP) is 1.33. The maximum atomic E-state index is 10.4. The number of carboxylic acid groups (broad SMARTS) is 3. The average molecular weight is 477 g/mol. The van der Waals surface area contributed by atoms with Crippen molar-refractivity contribution in [3.63, 3.8) is 0 Å². The quantitative estimate of drug-likeness (QED) is 0.117. The summed E-state index contributed by atoms with van der Waals surface area (Å²) < 4.78 is 0. The van der Waals surface area contributed by atoms with E-state index in [9.17, 15) is 19.2 Å². The number of hydrogen-bond donors (Lipinski definition) is 6. The molecule has 0 aliphatic heterocycles. The molecule has 0 aliphatic carbocycles. The van der Waals surface area contributed by atoms with Gasteiger partial charge in [-0.2, -0.15) is 9.59 Å². The minimum absolute atomic E-state index is 0.0553. The summed E-state index contributed by atoms with van der Waals surface area (Å²) in [5.41, 5.74) is 0.442. The summed E-state index contributed by atoms with van der Waals surface area (Å²) in [6.07, 6.45) is 3.53. The van der Waals surface area contributed by atoms with Crippen molar-refractivity contribution in [1.82, 2.24) is 4.98 Å². The largest absolute Gasteiger partial charge is 0.515 e. The highest BCUT2D eigenvalue weighted by Gasteiger charge is 2.08. The smallest absolute Gasteiger partial charge is 0.376 e. The summed E-state index contributed by atoms with van der Waals surface area (Å²) in [7, 11) is 0. The molecule has 0 saturated heterocycles. The van der Waals surface area contributed by atoms with Crippen LogP contribution < -0.4 is 0 Å². The maximum absolute atomic E-state index is 10.4. The fourth-order valence-electron chi connectivity index (χ4n) is 1.51. The van der Waals surface area contributed by atoms with E-state index in [1.807, 2.05) is 25.1 Å². The molecule has 0 radical (unpaired) electrons. The lowest BCUT2D eigenvalue weighted by Gasteiger charge is -1.97. The van der Waals surface area contributed by atoms with Crippen molar-refractivity contribution in [3.05, 3.63) is 77.8 Å². The Balaban J connectivity index is 0. The Morgan fingerprint density at radius 2 is 1.47 bits per heavy atom. The number of carbonyl (C=O) groups excluding carboxylic acids is 3. The van der Waals surface area contributed by atoms with E-state index in [2.05, 4.69) is 4.98 Å². The fourth-order valence-corrected chi connectivity index (χ4v) is 1.51. The molecule has 1 aromatic carbocycles. The van der Waals surface area contributed by atoms with E-state index in [0.717, 1.165) is 17.8 Å². The van der Waals surface area contributed by atoms with Crippen LogP contribution in [0, 0.1) is 6.92 Å². The van der Waals surface area contributed by atoms with Crippen LogP contribution in [0.3, 0.4) is 0 Å². The van der Waals surface area contributed by atoms with Crippen molar-refractivity contribution in [2.75, 3.05) is 0 Å². The number of phenols is 2. The van der Waals surface area contributed by atoms with Crippen molar-refractivity contribution in [2.24, 2.45) is 0 Å². The van der Waals surface area contributed by atoms with Gasteiger partial charge in [-0.3, -0.25) is 9.78 Å². The number of benzene rings is 1. The predicted molar refractivity (Wildman–Crippen MR) is 111 cm³/mol. The lowest BCUT2D eigenvalue weighted by Crippen LogP contribution is -2.09. The number of hydrogen-bond acceptors (Lipinski definition) is 10. The van der Waals surface area contributed by atoms with Crippen LogP contribution in [0.25, 0.3) is 0 Å². The van der Waals surface area contributed by atoms with Crippen LogP contribution in [-0.4, -0.2) is 65.5 Å². The summed E-state index contributed by atoms with van der Waals surface area (Å²) in [5.74, 6) is -6.31. The summed E-state index contributed by atoms with van der Waals surface area (Å²) in [6.45, 7) is 1.97. The van der Waals surface area contributed by atoms with Crippen molar-refractivity contribution in [2.45, 2.75) is 6.92 Å². The Morgan fingerprint density at radius 3 is 1.79 bits per heavy atom. The molecule has 0 atom stereocenters. The van der Waals surface area contributed by atoms with Crippen LogP contribution >= 0.6 is 0 Å². The van der Waals surface area contributed by atoms with Gasteiger partial charge in [-0.25, -0.2) is 14.4 Å². The van der Waals surface area contributed by atoms with Gasteiger partial charge in [0.1, 0.15) is 0 Å². The number of pyridine rings is 1. The molecule has 0 unspecified atom stereocenters. The van der Waals surface area contributed by atoms with E-state index in [4.69, 9.17) is 40.2 Å². The molecule has 2 rings (SSSR count). The Morgan fingerprint density at radius 1 is 0.882 bits per heavy atom. The van der Waals surface area contributed by atoms with Gasteiger partial charge < -0.3 is 30.6 Å². The molecule has 0 fully saturated rings. The number of aliphatic carboxylic acids is 2. The van der Waals surface area contributed by atoms with Crippen molar-refractivity contribution in [3.8, 4) is 11.5 Å². The minimum Gasteiger partial charge on any atom is -0.515 e. The van der Waals surface area contributed by atoms with Crippen molar-refractivity contribution >= 4 is 29.8 Å². The molecule has 0 bridgehead atoms. The third-order valence-corrected chi connectivity index (χ3v) is 3.05. The second-order valence-corrected chi connectivity index (χ2v) is 5.46. The monoisotopic (exact) mass is 477 g/mol. The standard InChI is InChI=1S/C7H6O6.C7H6O4.C6H7N.CO2/c8-3-4(6(10)11)1-2-5(9)7(12)13;8-5-2-1-4(7(10)11)3-6(5)9;1-6-4-2-3-5-7-6;2-1-3/h1-3,8H,(H,10,11)(H,12,13);1-3,8-9H,(H,10,11);2-5H,1H3;. The average Bonchev–Trinajstić information content (AvgIpc) is 2.77. The summed E-state index contributed by atoms with van der Waals surface area (Å²) >= 11 is 0. The number of nitrogens with zero attached hydrogens (tertiary/aromatic N) is 1. The first-order valence-electron chi connectivity index (χ1n) is 8.56. The van der Waals surface area contributed by atoms with Gasteiger partial charge in [0.2, 0.25) is 0 Å². The number of aromatic carboxylic acids is 1. The van der Waals surface area contributed by atoms with E-state index >= 15 is 0 Å². The summed E-state index contributed by atoms with van der Waals surface area (Å²) in [4.78, 5) is 61.0. The first-order valence-corrected chi connectivity index (χ1v) is 8.56. The van der Waals surface area contributed by atoms with Gasteiger partial charge >= 0.3 is 24.1 Å². The molecule has 1 heterocycles. The molecule has 0 amide bonds. The molecule has 1 aromatic heterocycles. The fraction of sp³-hybridized carbons (Fsp3) is 0.0476. The normalized spacial score (nSPS) is 9.50. The first kappa shape index (κ1) is 30.9. The highest BCUT2D eigenvalue weighted by atomic mass is 16.4. The van der Waals surface area contributed by atoms with Gasteiger partial charge in [0.25, 0.3) is 5.78 Å². The summed E-state index contributed by atoms with van der Waals surface area (Å²) in [6, 6.07) is 9.17. The van der Waals surface area contributed by atoms with Crippen LogP contribution in [-0.2, 0) is 24.0 Å². The molecular weight excluding hydrogens is 458 g/mol. The number of ketones is 1. The molecule has 0 aliphatic rings. The number of aromatic hydroxyl groups is 2. The molecule has 13 nitrogen and oxygen atoms in total. The number of carboxylic acids is 3. The number of aliphatic hydroxyl groups is 1. The van der Waals surface area contributed by atoms with Gasteiger partial charge in [-0.05, 0) is 49.4 Å². The number of carbonyl (C=O) groups is 4. The third-order valence-electron chi connectivity index (χ3n) is 3.05. The molecular formula is C21H19NO12. The van der Waals surface area contributed by atoms with Crippen LogP contribution in [0.1, 0.15) is 16.1 Å². The molecule has 180 valence electrons. The van der Waals surface area contributed by atoms with Crippen LogP contribution in [0.4, 0.5) is 0 Å². The highest BCUT2D eigenvalue weighted by Crippen LogP contribution is 2.24. The lowest BCUT2D eigenvalue weighted by atomic mass is 10.2. The zero-order chi connectivity index (χ0) is 26.7. The van der Waals surface area contributed by atoms with Crippen LogP contribution in [0.15, 0.2) is 66.6 Å². The zero-order valence-electron chi connectivity index (χ0n) is 17.4. The molecule has 13 heteroatoms. The topological polar surface area (TPSA) is 237 Å². The van der Waals surface area contributed by atoms with E-state index in [1.165, 1.54) is 6.07 Å². The number of aliphatic hydroxyl groups excluding tert-OH is 1. The lowest BCUT2D eigenvalue weighted by molar-refractivity contribution is -0.191. The number of aromatic nitrogens is 1. The van der Waals surface area contributed by atoms with Crippen molar-refractivity contribution < 1.29 is 59.4 Å². The Kier molecular flexibility index (Phi) is 15.8. The third kappa shape index (κ3) is 14.7. The SMILES string of the molecule is Cc1ccccn1.O=C(O)C(=O)C=CC(=CO)C(=O)O.O=C(O)c1ccc(O)c(O)c1.O=C=O. The Bertz CT molecular complexity index is 1070. The number of aryl methyl sites for hydroxylation is 1. The second-order valence-electron chi connectivity index (χ2n) is 5.46. The number of phenolic OH excluding ortho intramolecular Hbond substituents is 2. The second kappa shape index (κ2) is 17.4.